The Bertz CT molecular complexity index is 574. The maximum absolute atomic E-state index is 12.2. The highest BCUT2D eigenvalue weighted by atomic mass is 19.4. The third kappa shape index (κ3) is 3.15. The molecule has 1 N–H and O–H groups in total. The Kier molecular flexibility index (Phi) is 3.33. The van der Waals surface area contributed by atoms with Gasteiger partial charge in [0.2, 0.25) is 0 Å². The summed E-state index contributed by atoms with van der Waals surface area (Å²) in [4.78, 5) is 10.9. The van der Waals surface area contributed by atoms with Gasteiger partial charge in [-0.1, -0.05) is 6.07 Å². The average molecular weight is 269 g/mol. The summed E-state index contributed by atoms with van der Waals surface area (Å²) in [6, 6.07) is 5.19. The van der Waals surface area contributed by atoms with Gasteiger partial charge in [0.1, 0.15) is 5.75 Å². The Hall–Kier alpha value is -2.24. The Morgan fingerprint density at radius 2 is 2.11 bits per heavy atom. The molecule has 19 heavy (non-hydrogen) atoms. The molecular formula is C13H10F3NO2. The molecule has 1 aromatic carbocycles. The van der Waals surface area contributed by atoms with E-state index >= 15 is 0 Å². The molecule has 0 aromatic heterocycles. The van der Waals surface area contributed by atoms with Crippen LogP contribution in [0, 0.1) is 6.92 Å². The largest absolute Gasteiger partial charge is 0.463 e. The summed E-state index contributed by atoms with van der Waals surface area (Å²) < 4.78 is 41.8. The van der Waals surface area contributed by atoms with Crippen molar-refractivity contribution in [2.75, 3.05) is 5.32 Å². The minimum Gasteiger partial charge on any atom is -0.463 e. The zero-order valence-electron chi connectivity index (χ0n) is 9.91. The van der Waals surface area contributed by atoms with Crippen molar-refractivity contribution in [3.05, 3.63) is 47.9 Å². The maximum Gasteiger partial charge on any atom is 0.454 e. The molecule has 0 atom stereocenters. The number of benzene rings is 1. The van der Waals surface area contributed by atoms with Crippen molar-refractivity contribution in [2.24, 2.45) is 0 Å². The van der Waals surface area contributed by atoms with Gasteiger partial charge in [0.05, 0.1) is 11.9 Å². The number of anilines is 1. The van der Waals surface area contributed by atoms with E-state index in [1.165, 1.54) is 12.3 Å². The van der Waals surface area contributed by atoms with Crippen LogP contribution in [0.1, 0.15) is 5.56 Å². The Balaban J connectivity index is 2.30. The SMILES string of the molecule is Cc1ccc2c(c1)OC=C/C(=C\C(=O)C(F)(F)F)N2. The minimum atomic E-state index is -4.88. The second-order valence-corrected chi connectivity index (χ2v) is 4.01. The summed E-state index contributed by atoms with van der Waals surface area (Å²) in [5.74, 6) is -1.44. The molecule has 2 rings (SSSR count). The van der Waals surface area contributed by atoms with Gasteiger partial charge in [-0.05, 0) is 30.7 Å². The first-order valence-corrected chi connectivity index (χ1v) is 5.40. The summed E-state index contributed by atoms with van der Waals surface area (Å²) >= 11 is 0. The number of hydrogen-bond donors (Lipinski definition) is 1. The smallest absolute Gasteiger partial charge is 0.454 e. The first-order chi connectivity index (χ1) is 8.86. The molecule has 1 heterocycles. The molecular weight excluding hydrogens is 259 g/mol. The van der Waals surface area contributed by atoms with E-state index in [2.05, 4.69) is 5.32 Å². The molecule has 1 aliphatic heterocycles. The number of carbonyl (C=O) groups excluding carboxylic acids is 1. The normalized spacial score (nSPS) is 16.3. The van der Waals surface area contributed by atoms with Crippen LogP contribution in [-0.2, 0) is 4.79 Å². The molecule has 0 aliphatic carbocycles. The lowest BCUT2D eigenvalue weighted by atomic mass is 10.2. The Morgan fingerprint density at radius 1 is 1.37 bits per heavy atom. The van der Waals surface area contributed by atoms with Gasteiger partial charge in [-0.3, -0.25) is 4.79 Å². The summed E-state index contributed by atoms with van der Waals surface area (Å²) in [6.07, 6.45) is -1.90. The van der Waals surface area contributed by atoms with Crippen LogP contribution in [-0.4, -0.2) is 12.0 Å². The van der Waals surface area contributed by atoms with E-state index in [9.17, 15) is 18.0 Å². The van der Waals surface area contributed by atoms with Crippen molar-refractivity contribution in [3.8, 4) is 5.75 Å². The van der Waals surface area contributed by atoms with E-state index in [0.717, 1.165) is 5.56 Å². The van der Waals surface area contributed by atoms with Crippen LogP contribution in [0.3, 0.4) is 0 Å². The molecule has 0 bridgehead atoms. The topological polar surface area (TPSA) is 38.3 Å². The molecule has 6 heteroatoms. The molecule has 0 spiro atoms. The molecule has 0 radical (unpaired) electrons. The van der Waals surface area contributed by atoms with E-state index in [1.807, 2.05) is 6.92 Å². The summed E-state index contributed by atoms with van der Waals surface area (Å²) in [6.45, 7) is 1.86. The van der Waals surface area contributed by atoms with Gasteiger partial charge in [-0.2, -0.15) is 13.2 Å². The number of nitrogens with one attached hydrogen (secondary N) is 1. The fourth-order valence-electron chi connectivity index (χ4n) is 1.52. The first kappa shape index (κ1) is 13.2. The predicted molar refractivity (Wildman–Crippen MR) is 63.7 cm³/mol. The van der Waals surface area contributed by atoms with Crippen LogP contribution in [0.5, 0.6) is 5.75 Å². The molecule has 0 saturated heterocycles. The quantitative estimate of drug-likeness (QED) is 0.795. The van der Waals surface area contributed by atoms with Gasteiger partial charge in [0.15, 0.2) is 0 Å². The fraction of sp³-hybridized carbons (Fsp3) is 0.154. The zero-order chi connectivity index (χ0) is 14.0. The number of allylic oxidation sites excluding steroid dienone is 2. The molecule has 3 nitrogen and oxygen atoms in total. The Morgan fingerprint density at radius 3 is 2.79 bits per heavy atom. The van der Waals surface area contributed by atoms with Crippen molar-refractivity contribution in [3.63, 3.8) is 0 Å². The molecule has 1 aliphatic rings. The maximum atomic E-state index is 12.2. The molecule has 1 aromatic rings. The summed E-state index contributed by atoms with van der Waals surface area (Å²) in [5, 5.41) is 2.72. The van der Waals surface area contributed by atoms with Crippen LogP contribution in [0.4, 0.5) is 18.9 Å². The third-order valence-electron chi connectivity index (χ3n) is 2.42. The first-order valence-electron chi connectivity index (χ1n) is 5.40. The van der Waals surface area contributed by atoms with Gasteiger partial charge in [0, 0.05) is 11.8 Å². The zero-order valence-corrected chi connectivity index (χ0v) is 9.91. The van der Waals surface area contributed by atoms with Crippen molar-refractivity contribution < 1.29 is 22.7 Å². The van der Waals surface area contributed by atoms with Crippen LogP contribution in [0.25, 0.3) is 0 Å². The molecule has 0 amide bonds. The number of fused-ring (bicyclic) bond motifs is 1. The fourth-order valence-corrected chi connectivity index (χ4v) is 1.52. The van der Waals surface area contributed by atoms with Gasteiger partial charge < -0.3 is 10.1 Å². The molecule has 0 saturated carbocycles. The lowest BCUT2D eigenvalue weighted by Gasteiger charge is -2.09. The number of aryl methyl sites for hydroxylation is 1. The average Bonchev–Trinajstić information content (AvgIpc) is 2.49. The second-order valence-electron chi connectivity index (χ2n) is 4.01. The van der Waals surface area contributed by atoms with E-state index in [-0.39, 0.29) is 5.70 Å². The van der Waals surface area contributed by atoms with E-state index in [0.29, 0.717) is 17.5 Å². The van der Waals surface area contributed by atoms with Gasteiger partial charge in [-0.15, -0.1) is 0 Å². The monoisotopic (exact) mass is 269 g/mol. The van der Waals surface area contributed by atoms with Crippen LogP contribution in [0.2, 0.25) is 0 Å². The summed E-state index contributed by atoms with van der Waals surface area (Å²) in [7, 11) is 0. The number of ketones is 1. The van der Waals surface area contributed by atoms with Crippen molar-refractivity contribution >= 4 is 11.5 Å². The van der Waals surface area contributed by atoms with Crippen molar-refractivity contribution in [1.29, 1.82) is 0 Å². The standard InChI is InChI=1S/C13H10F3NO2/c1-8-2-3-10-11(6-8)19-5-4-9(17-10)7-12(18)13(14,15)16/h2-7,17H,1H3/b9-7+. The Labute approximate surface area is 107 Å². The summed E-state index contributed by atoms with van der Waals surface area (Å²) in [5.41, 5.74) is 1.47. The van der Waals surface area contributed by atoms with Gasteiger partial charge in [-0.25, -0.2) is 0 Å². The van der Waals surface area contributed by atoms with E-state index in [4.69, 9.17) is 4.74 Å². The number of carbonyl (C=O) groups is 1. The van der Waals surface area contributed by atoms with Gasteiger partial charge in [0.25, 0.3) is 5.78 Å². The van der Waals surface area contributed by atoms with Crippen molar-refractivity contribution in [1.82, 2.24) is 0 Å². The van der Waals surface area contributed by atoms with Gasteiger partial charge >= 0.3 is 6.18 Å². The highest BCUT2D eigenvalue weighted by Gasteiger charge is 2.36. The van der Waals surface area contributed by atoms with Crippen LogP contribution in [0.15, 0.2) is 42.3 Å². The van der Waals surface area contributed by atoms with Crippen molar-refractivity contribution in [2.45, 2.75) is 13.1 Å². The lowest BCUT2D eigenvalue weighted by Crippen LogP contribution is -2.21. The van der Waals surface area contributed by atoms with Crippen LogP contribution < -0.4 is 10.1 Å². The predicted octanol–water partition coefficient (Wildman–Crippen LogP) is 3.33. The number of halogens is 3. The highest BCUT2D eigenvalue weighted by molar-refractivity contribution is 5.95. The van der Waals surface area contributed by atoms with Crippen LogP contribution >= 0.6 is 0 Å². The lowest BCUT2D eigenvalue weighted by molar-refractivity contribution is -0.165. The number of hydrogen-bond acceptors (Lipinski definition) is 3. The second kappa shape index (κ2) is 4.79. The number of rotatable bonds is 1. The molecule has 0 fully saturated rings. The van der Waals surface area contributed by atoms with E-state index < -0.39 is 12.0 Å². The minimum absolute atomic E-state index is 0.0185. The number of ether oxygens (including phenoxy) is 1. The molecule has 0 unspecified atom stereocenters. The molecule has 100 valence electrons. The highest BCUT2D eigenvalue weighted by Crippen LogP contribution is 2.29. The van der Waals surface area contributed by atoms with E-state index in [1.54, 1.807) is 18.2 Å². The third-order valence-corrected chi connectivity index (χ3v) is 2.42. The number of alkyl halides is 3.